The van der Waals surface area contributed by atoms with Crippen molar-refractivity contribution in [2.24, 2.45) is 11.8 Å². The van der Waals surface area contributed by atoms with Crippen LogP contribution in [0.5, 0.6) is 0 Å². The van der Waals surface area contributed by atoms with Gasteiger partial charge in [-0.25, -0.2) is 0 Å². The van der Waals surface area contributed by atoms with E-state index in [-0.39, 0.29) is 5.60 Å². The molecule has 3 aliphatic rings. The van der Waals surface area contributed by atoms with Crippen molar-refractivity contribution >= 4 is 0 Å². The topological polar surface area (TPSA) is 20.2 Å². The van der Waals surface area contributed by atoms with E-state index in [9.17, 15) is 5.11 Å². The van der Waals surface area contributed by atoms with Crippen LogP contribution in [0.1, 0.15) is 49.1 Å². The van der Waals surface area contributed by atoms with E-state index in [0.29, 0.717) is 17.8 Å². The molecule has 3 unspecified atom stereocenters. The molecule has 0 aromatic heterocycles. The van der Waals surface area contributed by atoms with Gasteiger partial charge in [-0.3, -0.25) is 0 Å². The third-order valence-electron chi connectivity index (χ3n) is 5.52. The smallest absolute Gasteiger partial charge is 0.0779 e. The van der Waals surface area contributed by atoms with Gasteiger partial charge in [0.25, 0.3) is 0 Å². The summed E-state index contributed by atoms with van der Waals surface area (Å²) in [5.41, 5.74) is 2.62. The summed E-state index contributed by atoms with van der Waals surface area (Å²) in [5.74, 6) is 1.68. The summed E-state index contributed by atoms with van der Waals surface area (Å²) < 4.78 is 0. The van der Waals surface area contributed by atoms with Gasteiger partial charge in [-0.05, 0) is 55.1 Å². The molecule has 1 heteroatoms. The Balaban J connectivity index is 1.73. The lowest BCUT2D eigenvalue weighted by Gasteiger charge is -2.32. The fraction of sp³-hybridized carbons (Fsp3) is 0.625. The molecule has 17 heavy (non-hydrogen) atoms. The lowest BCUT2D eigenvalue weighted by atomic mass is 9.76. The van der Waals surface area contributed by atoms with Gasteiger partial charge < -0.3 is 5.11 Å². The lowest BCUT2D eigenvalue weighted by Crippen LogP contribution is -2.29. The van der Waals surface area contributed by atoms with Gasteiger partial charge in [0.1, 0.15) is 0 Å². The van der Waals surface area contributed by atoms with Crippen LogP contribution in [0, 0.1) is 11.8 Å². The number of aliphatic hydroxyl groups is 1. The van der Waals surface area contributed by atoms with Gasteiger partial charge in [-0.15, -0.1) is 0 Å². The molecule has 90 valence electrons. The summed E-state index contributed by atoms with van der Waals surface area (Å²) in [6.07, 6.45) is 7.52. The number of rotatable bonds is 1. The lowest BCUT2D eigenvalue weighted by molar-refractivity contribution is 0.0691. The molecule has 3 atom stereocenters. The third-order valence-corrected chi connectivity index (χ3v) is 5.52. The van der Waals surface area contributed by atoms with Gasteiger partial charge in [-0.2, -0.15) is 0 Å². The first kappa shape index (κ1) is 10.1. The minimum atomic E-state index is -0.325. The van der Waals surface area contributed by atoms with Crippen LogP contribution in [0.2, 0.25) is 0 Å². The monoisotopic (exact) mass is 228 g/mol. The highest BCUT2D eigenvalue weighted by Gasteiger charge is 2.68. The number of fused-ring (bicyclic) bond motifs is 2. The summed E-state index contributed by atoms with van der Waals surface area (Å²) in [7, 11) is 0. The van der Waals surface area contributed by atoms with E-state index in [1.807, 2.05) is 0 Å². The molecule has 2 saturated carbocycles. The molecule has 0 aliphatic heterocycles. The molecule has 2 fully saturated rings. The Labute approximate surface area is 103 Å². The van der Waals surface area contributed by atoms with Crippen LogP contribution in [-0.4, -0.2) is 10.7 Å². The van der Waals surface area contributed by atoms with Gasteiger partial charge >= 0.3 is 0 Å². The van der Waals surface area contributed by atoms with Crippen LogP contribution >= 0.6 is 0 Å². The number of benzene rings is 1. The maximum absolute atomic E-state index is 11.0. The summed E-state index contributed by atoms with van der Waals surface area (Å²) in [4.78, 5) is 0. The van der Waals surface area contributed by atoms with Crippen molar-refractivity contribution in [3.63, 3.8) is 0 Å². The number of hydrogen-bond donors (Lipinski definition) is 1. The summed E-state index contributed by atoms with van der Waals surface area (Å²) in [6.45, 7) is 0. The van der Waals surface area contributed by atoms with E-state index in [4.69, 9.17) is 0 Å². The quantitative estimate of drug-likeness (QED) is 0.782. The molecule has 4 rings (SSSR count). The van der Waals surface area contributed by atoms with Crippen LogP contribution in [-0.2, 0) is 6.42 Å². The number of aryl methyl sites for hydroxylation is 1. The van der Waals surface area contributed by atoms with E-state index < -0.39 is 0 Å². The number of hydrogen-bond acceptors (Lipinski definition) is 1. The normalized spacial score (nSPS) is 43.0. The zero-order valence-corrected chi connectivity index (χ0v) is 10.2. The van der Waals surface area contributed by atoms with E-state index in [1.54, 1.807) is 0 Å². The SMILES string of the molecule is OC1(C2CCCc3ccccc32)C2CCCC21. The first-order valence-electron chi connectivity index (χ1n) is 7.12. The van der Waals surface area contributed by atoms with Crippen molar-refractivity contribution in [2.75, 3.05) is 0 Å². The Morgan fingerprint density at radius 2 is 1.76 bits per heavy atom. The minimum Gasteiger partial charge on any atom is -0.389 e. The van der Waals surface area contributed by atoms with Gasteiger partial charge in [0.15, 0.2) is 0 Å². The minimum absolute atomic E-state index is 0.325. The Bertz CT molecular complexity index is 441. The fourth-order valence-corrected chi connectivity index (χ4v) is 4.72. The Kier molecular flexibility index (Phi) is 2.00. The molecule has 0 radical (unpaired) electrons. The highest BCUT2D eigenvalue weighted by atomic mass is 16.3. The fourth-order valence-electron chi connectivity index (χ4n) is 4.72. The van der Waals surface area contributed by atoms with E-state index in [0.717, 1.165) is 0 Å². The molecule has 1 N–H and O–H groups in total. The maximum atomic E-state index is 11.0. The molecule has 1 nitrogen and oxygen atoms in total. The van der Waals surface area contributed by atoms with Gasteiger partial charge in [0.05, 0.1) is 5.60 Å². The molecule has 0 heterocycles. The second-order valence-electron chi connectivity index (χ2n) is 6.17. The van der Waals surface area contributed by atoms with Gasteiger partial charge in [-0.1, -0.05) is 30.7 Å². The first-order valence-corrected chi connectivity index (χ1v) is 7.12. The van der Waals surface area contributed by atoms with Gasteiger partial charge in [0.2, 0.25) is 0 Å². The average molecular weight is 228 g/mol. The molecule has 0 bridgehead atoms. The molecule has 0 saturated heterocycles. The van der Waals surface area contributed by atoms with Gasteiger partial charge in [0, 0.05) is 5.92 Å². The molecule has 3 aliphatic carbocycles. The molecule has 0 spiro atoms. The van der Waals surface area contributed by atoms with E-state index in [2.05, 4.69) is 24.3 Å². The van der Waals surface area contributed by atoms with Crippen LogP contribution in [0.15, 0.2) is 24.3 Å². The van der Waals surface area contributed by atoms with Crippen molar-refractivity contribution < 1.29 is 5.11 Å². The average Bonchev–Trinajstić information content (AvgIpc) is 2.79. The summed E-state index contributed by atoms with van der Waals surface area (Å²) in [5, 5.41) is 11.0. The van der Waals surface area contributed by atoms with Crippen molar-refractivity contribution in [1.82, 2.24) is 0 Å². The molecular formula is C16H20O. The predicted molar refractivity (Wildman–Crippen MR) is 67.9 cm³/mol. The largest absolute Gasteiger partial charge is 0.389 e. The van der Waals surface area contributed by atoms with Crippen molar-refractivity contribution in [1.29, 1.82) is 0 Å². The zero-order chi connectivity index (χ0) is 11.5. The molecule has 0 amide bonds. The molecule has 1 aromatic rings. The predicted octanol–water partition coefficient (Wildman–Crippen LogP) is 3.27. The third kappa shape index (κ3) is 1.24. The second-order valence-corrected chi connectivity index (χ2v) is 6.17. The molecule has 1 aromatic carbocycles. The summed E-state index contributed by atoms with van der Waals surface area (Å²) in [6, 6.07) is 8.78. The Hall–Kier alpha value is -0.820. The Morgan fingerprint density at radius 1 is 1.00 bits per heavy atom. The Morgan fingerprint density at radius 3 is 2.59 bits per heavy atom. The van der Waals surface area contributed by atoms with Crippen LogP contribution < -0.4 is 0 Å². The van der Waals surface area contributed by atoms with Crippen molar-refractivity contribution in [3.8, 4) is 0 Å². The van der Waals surface area contributed by atoms with Crippen molar-refractivity contribution in [2.45, 2.75) is 50.0 Å². The van der Waals surface area contributed by atoms with Crippen LogP contribution in [0.25, 0.3) is 0 Å². The van der Waals surface area contributed by atoms with Crippen LogP contribution in [0.3, 0.4) is 0 Å². The first-order chi connectivity index (χ1) is 8.32. The zero-order valence-electron chi connectivity index (χ0n) is 10.2. The summed E-state index contributed by atoms with van der Waals surface area (Å²) >= 11 is 0. The van der Waals surface area contributed by atoms with Crippen molar-refractivity contribution in [3.05, 3.63) is 35.4 Å². The maximum Gasteiger partial charge on any atom is 0.0779 e. The standard InChI is InChI=1S/C16H20O/c17-16(14-9-4-10-15(14)16)13-8-3-6-11-5-1-2-7-12(11)13/h1-2,5,7,13-15,17H,3-4,6,8-10H2. The molecular weight excluding hydrogens is 208 g/mol. The highest BCUT2D eigenvalue weighted by molar-refractivity contribution is 5.38. The second kappa shape index (κ2) is 3.35. The van der Waals surface area contributed by atoms with E-state index in [1.165, 1.54) is 49.7 Å². The van der Waals surface area contributed by atoms with Crippen LogP contribution in [0.4, 0.5) is 0 Å². The van der Waals surface area contributed by atoms with E-state index >= 15 is 0 Å². The highest BCUT2D eigenvalue weighted by Crippen LogP contribution is 2.67.